The molecule has 3 N–H and O–H groups in total. The van der Waals surface area contributed by atoms with Crippen LogP contribution in [0.5, 0.6) is 0 Å². The largest absolute Gasteiger partial charge is 0.376 e. The van der Waals surface area contributed by atoms with E-state index < -0.39 is 0 Å². The number of aryl methyl sites for hydroxylation is 1. The van der Waals surface area contributed by atoms with Gasteiger partial charge in [0.05, 0.1) is 0 Å². The Morgan fingerprint density at radius 3 is 2.50 bits per heavy atom. The Kier molecular flexibility index (Phi) is 5.48. The zero-order valence-corrected chi connectivity index (χ0v) is 8.92. The predicted octanol–water partition coefficient (Wildman–Crippen LogP) is 1.53. The molecule has 1 heterocycles. The summed E-state index contributed by atoms with van der Waals surface area (Å²) in [6.45, 7) is 5.86. The van der Waals surface area contributed by atoms with E-state index in [1.165, 1.54) is 11.5 Å². The molecule has 0 aliphatic rings. The monoisotopic (exact) mass is 204 g/mol. The quantitative estimate of drug-likeness (QED) is 0.679. The van der Waals surface area contributed by atoms with Gasteiger partial charge in [0.2, 0.25) is 5.95 Å². The Morgan fingerprint density at radius 2 is 2.17 bits per heavy atom. The van der Waals surface area contributed by atoms with Crippen molar-refractivity contribution in [2.45, 2.75) is 20.8 Å². The van der Waals surface area contributed by atoms with Gasteiger partial charge < -0.3 is 11.1 Å². The zero-order valence-electron chi connectivity index (χ0n) is 7.29. The smallest absolute Gasteiger partial charge is 0.240 e. The van der Waals surface area contributed by atoms with Gasteiger partial charge in [-0.3, -0.25) is 0 Å². The summed E-state index contributed by atoms with van der Waals surface area (Å²) in [7, 11) is 0. The number of nitrogens with two attached hydrogens (primary N) is 1. The number of aromatic nitrogens is 2. The van der Waals surface area contributed by atoms with Crippen LogP contribution in [0.1, 0.15) is 18.9 Å². The number of hydrogen-bond donors (Lipinski definition) is 2. The highest BCUT2D eigenvalue weighted by molar-refractivity contribution is 7.80. The number of hydrogen-bond acceptors (Lipinski definition) is 4. The van der Waals surface area contributed by atoms with Gasteiger partial charge in [-0.15, -0.1) is 0 Å². The van der Waals surface area contributed by atoms with Crippen molar-refractivity contribution in [3.8, 4) is 0 Å². The number of nitrogens with one attached hydrogen (secondary N) is 1. The molecule has 1 rings (SSSR count). The molecular weight excluding hydrogens is 192 g/mol. The van der Waals surface area contributed by atoms with Crippen LogP contribution in [0, 0.1) is 6.92 Å². The van der Waals surface area contributed by atoms with E-state index in [9.17, 15) is 0 Å². The van der Waals surface area contributed by atoms with E-state index in [1.807, 2.05) is 20.8 Å². The Balaban J connectivity index is 0.000000561. The molecule has 0 unspecified atom stereocenters. The van der Waals surface area contributed by atoms with Crippen molar-refractivity contribution >= 4 is 34.8 Å². The second-order valence-electron chi connectivity index (χ2n) is 1.63. The lowest BCUT2D eigenvalue weighted by Crippen LogP contribution is -2.19. The first-order valence-electron chi connectivity index (χ1n) is 3.55. The molecule has 12 heavy (non-hydrogen) atoms. The van der Waals surface area contributed by atoms with Gasteiger partial charge in [-0.2, -0.15) is 4.37 Å². The maximum atomic E-state index is 5.18. The van der Waals surface area contributed by atoms with Crippen LogP contribution >= 0.6 is 23.8 Å². The summed E-state index contributed by atoms with van der Waals surface area (Å²) < 4.78 is 3.91. The summed E-state index contributed by atoms with van der Waals surface area (Å²) in [6, 6.07) is 0. The second kappa shape index (κ2) is 5.84. The summed E-state index contributed by atoms with van der Waals surface area (Å²) in [5.74, 6) is 0.481. The van der Waals surface area contributed by atoms with Crippen molar-refractivity contribution in [1.82, 2.24) is 9.36 Å². The van der Waals surface area contributed by atoms with E-state index in [1.54, 1.807) is 0 Å². The van der Waals surface area contributed by atoms with Gasteiger partial charge in [-0.05, 0) is 30.7 Å². The minimum Gasteiger partial charge on any atom is -0.376 e. The fraction of sp³-hybridized carbons (Fsp3) is 0.500. The van der Waals surface area contributed by atoms with E-state index in [4.69, 9.17) is 5.73 Å². The van der Waals surface area contributed by atoms with Gasteiger partial charge in [0.1, 0.15) is 5.01 Å². The molecular formula is C6H12N4S2. The third-order valence-corrected chi connectivity index (χ3v) is 1.48. The topological polar surface area (TPSA) is 63.8 Å². The summed E-state index contributed by atoms with van der Waals surface area (Å²) >= 11 is 5.89. The zero-order chi connectivity index (χ0) is 9.56. The molecule has 0 amide bonds. The van der Waals surface area contributed by atoms with Gasteiger partial charge in [-0.1, -0.05) is 13.8 Å². The standard InChI is InChI=1S/C4H6N4S2.C2H6/c1-2-6-4(8-10-2)7-3(5)9;1-2/h1H3,(H3,5,7,8,9);1-2H3. The lowest BCUT2D eigenvalue weighted by Gasteiger charge is -1.93. The SMILES string of the molecule is CC.Cc1nc(NC(N)=S)ns1. The predicted molar refractivity (Wildman–Crippen MR) is 56.4 cm³/mol. The lowest BCUT2D eigenvalue weighted by molar-refractivity contribution is 1.25. The van der Waals surface area contributed by atoms with E-state index in [2.05, 4.69) is 26.9 Å². The molecule has 0 spiro atoms. The summed E-state index contributed by atoms with van der Waals surface area (Å²) in [6.07, 6.45) is 0. The van der Waals surface area contributed by atoms with Crippen LogP contribution in [0.25, 0.3) is 0 Å². The molecule has 4 nitrogen and oxygen atoms in total. The minimum atomic E-state index is 0.192. The molecule has 0 atom stereocenters. The Labute approximate surface area is 81.4 Å². The van der Waals surface area contributed by atoms with Gasteiger partial charge in [0, 0.05) is 0 Å². The summed E-state index contributed by atoms with van der Waals surface area (Å²) in [5, 5.41) is 3.70. The maximum absolute atomic E-state index is 5.18. The Morgan fingerprint density at radius 1 is 1.58 bits per heavy atom. The fourth-order valence-corrected chi connectivity index (χ4v) is 0.984. The molecule has 1 aromatic rings. The summed E-state index contributed by atoms with van der Waals surface area (Å²) in [4.78, 5) is 3.98. The van der Waals surface area contributed by atoms with Crippen molar-refractivity contribution in [3.63, 3.8) is 0 Å². The average molecular weight is 204 g/mol. The molecule has 0 fully saturated rings. The molecule has 0 bridgehead atoms. The summed E-state index contributed by atoms with van der Waals surface area (Å²) in [5.41, 5.74) is 5.18. The Bertz CT molecular complexity index is 245. The first-order valence-corrected chi connectivity index (χ1v) is 4.73. The molecule has 0 saturated carbocycles. The molecule has 6 heteroatoms. The van der Waals surface area contributed by atoms with Crippen LogP contribution < -0.4 is 11.1 Å². The molecule has 68 valence electrons. The van der Waals surface area contributed by atoms with E-state index in [0.29, 0.717) is 5.95 Å². The number of thiocarbonyl (C=S) groups is 1. The van der Waals surface area contributed by atoms with Crippen molar-refractivity contribution in [1.29, 1.82) is 0 Å². The molecule has 0 aliphatic heterocycles. The first kappa shape index (κ1) is 11.2. The van der Waals surface area contributed by atoms with Crippen LogP contribution in [0.3, 0.4) is 0 Å². The van der Waals surface area contributed by atoms with Crippen LogP contribution in [0.2, 0.25) is 0 Å². The second-order valence-corrected chi connectivity index (χ2v) is 3.02. The highest BCUT2D eigenvalue weighted by Gasteiger charge is 1.98. The first-order chi connectivity index (χ1) is 5.68. The third kappa shape index (κ3) is 4.20. The third-order valence-electron chi connectivity index (χ3n) is 0.763. The Hall–Kier alpha value is -0.750. The van der Waals surface area contributed by atoms with Crippen molar-refractivity contribution < 1.29 is 0 Å². The van der Waals surface area contributed by atoms with Crippen LogP contribution in [-0.2, 0) is 0 Å². The highest BCUT2D eigenvalue weighted by Crippen LogP contribution is 2.05. The number of anilines is 1. The number of nitrogens with zero attached hydrogens (tertiary/aromatic N) is 2. The molecule has 0 radical (unpaired) electrons. The van der Waals surface area contributed by atoms with Gasteiger partial charge >= 0.3 is 0 Å². The molecule has 0 aliphatic carbocycles. The van der Waals surface area contributed by atoms with Crippen LogP contribution in [0.4, 0.5) is 5.95 Å². The number of rotatable bonds is 1. The van der Waals surface area contributed by atoms with E-state index in [0.717, 1.165) is 5.01 Å². The van der Waals surface area contributed by atoms with Gasteiger partial charge in [-0.25, -0.2) is 4.98 Å². The molecule has 1 aromatic heterocycles. The fourth-order valence-electron chi connectivity index (χ4n) is 0.460. The van der Waals surface area contributed by atoms with Crippen molar-refractivity contribution in [2.24, 2.45) is 5.73 Å². The van der Waals surface area contributed by atoms with E-state index in [-0.39, 0.29) is 5.11 Å². The highest BCUT2D eigenvalue weighted by atomic mass is 32.1. The molecule has 0 aromatic carbocycles. The van der Waals surface area contributed by atoms with Gasteiger partial charge in [0.25, 0.3) is 0 Å². The lowest BCUT2D eigenvalue weighted by atomic mass is 10.8. The molecule has 0 saturated heterocycles. The van der Waals surface area contributed by atoms with Crippen molar-refractivity contribution in [3.05, 3.63) is 5.01 Å². The van der Waals surface area contributed by atoms with Crippen LogP contribution in [-0.4, -0.2) is 14.5 Å². The minimum absolute atomic E-state index is 0.192. The van der Waals surface area contributed by atoms with Crippen LogP contribution in [0.15, 0.2) is 0 Å². The van der Waals surface area contributed by atoms with E-state index >= 15 is 0 Å². The average Bonchev–Trinajstić information content (AvgIpc) is 2.39. The van der Waals surface area contributed by atoms with Crippen molar-refractivity contribution in [2.75, 3.05) is 5.32 Å². The van der Waals surface area contributed by atoms with Gasteiger partial charge in [0.15, 0.2) is 5.11 Å². The normalized spacial score (nSPS) is 8.25. The maximum Gasteiger partial charge on any atom is 0.240 e.